The molecular formula is C31H28N6O2S2. The minimum Gasteiger partial charge on any atom is -0.484 e. The van der Waals surface area contributed by atoms with Gasteiger partial charge in [0.15, 0.2) is 16.9 Å². The highest BCUT2D eigenvalue weighted by Crippen LogP contribution is 2.44. The van der Waals surface area contributed by atoms with Crippen molar-refractivity contribution in [1.82, 2.24) is 19.9 Å². The predicted molar refractivity (Wildman–Crippen MR) is 166 cm³/mol. The van der Waals surface area contributed by atoms with E-state index in [1.54, 1.807) is 17.5 Å². The normalized spacial score (nSPS) is 16.4. The van der Waals surface area contributed by atoms with Crippen molar-refractivity contribution >= 4 is 45.9 Å². The molecule has 0 bridgehead atoms. The molecule has 0 spiro atoms. The number of benzene rings is 2. The average Bonchev–Trinajstić information content (AvgIpc) is 3.71. The summed E-state index contributed by atoms with van der Waals surface area (Å²) in [7, 11) is 0. The number of hydrogen-bond donors (Lipinski definition) is 2. The van der Waals surface area contributed by atoms with Gasteiger partial charge in [0.2, 0.25) is 0 Å². The number of nitrogens with one attached hydrogen (secondary N) is 2. The number of para-hydroxylation sites is 1. The van der Waals surface area contributed by atoms with Crippen LogP contribution in [-0.4, -0.2) is 32.2 Å². The minimum atomic E-state index is -0.234. The molecule has 3 aromatic heterocycles. The second kappa shape index (κ2) is 11.5. The van der Waals surface area contributed by atoms with Crippen molar-refractivity contribution in [3.8, 4) is 10.9 Å². The van der Waals surface area contributed by atoms with E-state index in [9.17, 15) is 4.79 Å². The molecule has 1 fully saturated rings. The zero-order valence-corrected chi connectivity index (χ0v) is 24.2. The number of thiazole rings is 1. The van der Waals surface area contributed by atoms with E-state index < -0.39 is 0 Å². The highest BCUT2D eigenvalue weighted by Gasteiger charge is 2.42. The molecule has 2 N–H and O–H groups in total. The van der Waals surface area contributed by atoms with Crippen molar-refractivity contribution in [2.24, 2.45) is 0 Å². The number of hydrogen-bond acceptors (Lipinski definition) is 6. The Bertz CT molecular complexity index is 1650. The van der Waals surface area contributed by atoms with Crippen LogP contribution in [-0.2, 0) is 4.79 Å². The molecule has 1 saturated heterocycles. The highest BCUT2D eigenvalue weighted by molar-refractivity contribution is 7.80. The first-order valence-corrected chi connectivity index (χ1v) is 14.5. The minimum absolute atomic E-state index is 0.0750. The molecule has 0 aliphatic carbocycles. The number of rotatable bonds is 8. The number of thiocarbonyl (C=S) groups is 1. The molecular weight excluding hydrogens is 553 g/mol. The number of pyridine rings is 1. The van der Waals surface area contributed by atoms with E-state index in [2.05, 4.69) is 50.0 Å². The Hall–Kier alpha value is -4.54. The molecule has 2 aromatic carbocycles. The highest BCUT2D eigenvalue weighted by atomic mass is 32.1. The third-order valence-corrected chi connectivity index (χ3v) is 8.11. The molecule has 0 unspecified atom stereocenters. The van der Waals surface area contributed by atoms with E-state index in [1.807, 2.05) is 84.4 Å². The summed E-state index contributed by atoms with van der Waals surface area (Å²) in [4.78, 5) is 23.8. The van der Waals surface area contributed by atoms with Gasteiger partial charge in [0.25, 0.3) is 5.91 Å². The lowest BCUT2D eigenvalue weighted by molar-refractivity contribution is -0.118. The summed E-state index contributed by atoms with van der Waals surface area (Å²) >= 11 is 7.51. The quantitative estimate of drug-likeness (QED) is 0.213. The molecule has 1 aliphatic rings. The van der Waals surface area contributed by atoms with Crippen molar-refractivity contribution < 1.29 is 9.53 Å². The lowest BCUT2D eigenvalue weighted by Gasteiger charge is -2.28. The maximum absolute atomic E-state index is 12.5. The lowest BCUT2D eigenvalue weighted by atomic mass is 9.96. The number of aryl methyl sites for hydroxylation is 1. The van der Waals surface area contributed by atoms with Gasteiger partial charge in [0.1, 0.15) is 5.75 Å². The molecule has 10 heteroatoms. The SMILES string of the molecule is Cc1cc([C@H]2[C@H](c3ccccn3)NC(=S)N2c2ccc(NC(=O)COc3ccccc3)cc2)c(C)n1-c1nccs1. The number of nitrogens with zero attached hydrogens (tertiary/aromatic N) is 4. The van der Waals surface area contributed by atoms with Crippen molar-refractivity contribution in [2.45, 2.75) is 25.9 Å². The van der Waals surface area contributed by atoms with E-state index in [4.69, 9.17) is 17.0 Å². The van der Waals surface area contributed by atoms with Crippen LogP contribution in [0.15, 0.2) is 96.6 Å². The van der Waals surface area contributed by atoms with Gasteiger partial charge in [-0.3, -0.25) is 14.3 Å². The molecule has 8 nitrogen and oxygen atoms in total. The van der Waals surface area contributed by atoms with Crippen LogP contribution >= 0.6 is 23.6 Å². The summed E-state index contributed by atoms with van der Waals surface area (Å²) in [6.45, 7) is 4.14. The Morgan fingerprint density at radius 3 is 2.51 bits per heavy atom. The number of amides is 1. The number of anilines is 2. The number of carbonyl (C=O) groups excluding carboxylic acids is 1. The van der Waals surface area contributed by atoms with E-state index in [1.165, 1.54) is 0 Å². The molecule has 4 heterocycles. The number of ether oxygens (including phenoxy) is 1. The molecule has 1 amide bonds. The first-order chi connectivity index (χ1) is 20.0. The van der Waals surface area contributed by atoms with E-state index in [0.29, 0.717) is 16.5 Å². The number of aromatic nitrogens is 3. The van der Waals surface area contributed by atoms with E-state index in [0.717, 1.165) is 33.5 Å². The second-order valence-corrected chi connectivity index (χ2v) is 10.9. The van der Waals surface area contributed by atoms with E-state index in [-0.39, 0.29) is 24.6 Å². The van der Waals surface area contributed by atoms with Crippen LogP contribution in [0.2, 0.25) is 0 Å². The van der Waals surface area contributed by atoms with E-state index >= 15 is 0 Å². The van der Waals surface area contributed by atoms with Gasteiger partial charge in [-0.2, -0.15) is 0 Å². The van der Waals surface area contributed by atoms with Crippen molar-refractivity contribution in [1.29, 1.82) is 0 Å². The predicted octanol–water partition coefficient (Wildman–Crippen LogP) is 6.14. The van der Waals surface area contributed by atoms with Crippen LogP contribution in [0.5, 0.6) is 5.75 Å². The molecule has 0 saturated carbocycles. The first-order valence-electron chi connectivity index (χ1n) is 13.2. The summed E-state index contributed by atoms with van der Waals surface area (Å²) in [6, 6.07) is 24.8. The van der Waals surface area contributed by atoms with Gasteiger partial charge >= 0.3 is 0 Å². The van der Waals surface area contributed by atoms with Gasteiger partial charge in [-0.15, -0.1) is 11.3 Å². The van der Waals surface area contributed by atoms with Crippen LogP contribution in [0.1, 0.15) is 34.7 Å². The smallest absolute Gasteiger partial charge is 0.262 e. The topological polar surface area (TPSA) is 84.3 Å². The summed E-state index contributed by atoms with van der Waals surface area (Å²) in [5.74, 6) is 0.415. The third kappa shape index (κ3) is 5.44. The van der Waals surface area contributed by atoms with Crippen LogP contribution in [0.3, 0.4) is 0 Å². The third-order valence-electron chi connectivity index (χ3n) is 7.04. The second-order valence-electron chi connectivity index (χ2n) is 9.67. The van der Waals surface area contributed by atoms with Crippen LogP contribution in [0.25, 0.3) is 5.13 Å². The van der Waals surface area contributed by atoms with Gasteiger partial charge < -0.3 is 20.3 Å². The largest absolute Gasteiger partial charge is 0.484 e. The molecule has 5 aromatic rings. The Kier molecular flexibility index (Phi) is 7.49. The zero-order valence-electron chi connectivity index (χ0n) is 22.5. The Morgan fingerprint density at radius 2 is 1.80 bits per heavy atom. The summed E-state index contributed by atoms with van der Waals surface area (Å²) in [5, 5.41) is 9.95. The van der Waals surface area contributed by atoms with Crippen LogP contribution in [0.4, 0.5) is 11.4 Å². The van der Waals surface area contributed by atoms with Crippen LogP contribution in [0, 0.1) is 13.8 Å². The maximum atomic E-state index is 12.5. The zero-order chi connectivity index (χ0) is 28.3. The first kappa shape index (κ1) is 26.7. The standard InChI is InChI=1S/C31H28N6O2S2/c1-20-18-25(21(2)36(20)31-33-16-17-41-31)29-28(26-10-6-7-15-32-26)35-30(40)37(29)23-13-11-22(12-14-23)34-27(38)19-39-24-8-4-3-5-9-24/h3-18,28-29H,19H2,1-2H3,(H,34,38)(H,35,40)/t28-,29-/m0/s1. The Labute approximate surface area is 247 Å². The molecule has 2 atom stereocenters. The Morgan fingerprint density at radius 1 is 1.02 bits per heavy atom. The van der Waals surface area contributed by atoms with Crippen LogP contribution < -0.4 is 20.3 Å². The summed E-state index contributed by atoms with van der Waals surface area (Å²) in [5.41, 5.74) is 5.82. The molecule has 206 valence electrons. The van der Waals surface area contributed by atoms with Crippen molar-refractivity contribution in [2.75, 3.05) is 16.8 Å². The van der Waals surface area contributed by atoms with Gasteiger partial charge in [-0.25, -0.2) is 4.98 Å². The van der Waals surface area contributed by atoms with Gasteiger partial charge in [-0.05, 0) is 86.2 Å². The molecule has 0 radical (unpaired) electrons. The lowest BCUT2D eigenvalue weighted by Crippen LogP contribution is -2.29. The van der Waals surface area contributed by atoms with Crippen molar-refractivity contribution in [3.05, 3.63) is 119 Å². The summed E-state index contributed by atoms with van der Waals surface area (Å²) < 4.78 is 7.75. The molecule has 1 aliphatic heterocycles. The Balaban J connectivity index is 1.29. The van der Waals surface area contributed by atoms with Gasteiger partial charge in [0.05, 0.1) is 17.8 Å². The fourth-order valence-electron chi connectivity index (χ4n) is 5.22. The monoisotopic (exact) mass is 580 g/mol. The maximum Gasteiger partial charge on any atom is 0.262 e. The molecule has 41 heavy (non-hydrogen) atoms. The fourth-order valence-corrected chi connectivity index (χ4v) is 6.32. The van der Waals surface area contributed by atoms with Crippen molar-refractivity contribution in [3.63, 3.8) is 0 Å². The van der Waals surface area contributed by atoms with Gasteiger partial charge in [0, 0.05) is 40.5 Å². The molecule has 6 rings (SSSR count). The van der Waals surface area contributed by atoms with Gasteiger partial charge in [-0.1, -0.05) is 24.3 Å². The summed E-state index contributed by atoms with van der Waals surface area (Å²) in [6.07, 6.45) is 3.62. The fraction of sp³-hybridized carbons (Fsp3) is 0.161. The average molecular weight is 581 g/mol. The number of carbonyl (C=O) groups is 1.